The summed E-state index contributed by atoms with van der Waals surface area (Å²) in [7, 11) is 1.89. The predicted octanol–water partition coefficient (Wildman–Crippen LogP) is 2.29. The first kappa shape index (κ1) is 20.0. The molecule has 2 atom stereocenters. The van der Waals surface area contributed by atoms with Gasteiger partial charge in [0.05, 0.1) is 7.05 Å². The van der Waals surface area contributed by atoms with Gasteiger partial charge in [-0.3, -0.25) is 4.79 Å². The van der Waals surface area contributed by atoms with Crippen LogP contribution in [-0.2, 0) is 16.9 Å². The lowest BCUT2D eigenvalue weighted by molar-refractivity contribution is -0.901. The zero-order valence-corrected chi connectivity index (χ0v) is 16.5. The minimum Gasteiger partial charge on any atom is -0.319 e. The third-order valence-corrected chi connectivity index (χ3v) is 4.98. The van der Waals surface area contributed by atoms with Crippen molar-refractivity contribution in [3.63, 3.8) is 0 Å². The van der Waals surface area contributed by atoms with Gasteiger partial charge in [0.1, 0.15) is 17.9 Å². The summed E-state index contributed by atoms with van der Waals surface area (Å²) >= 11 is 0. The SMILES string of the molecule is CC(C)C[C@@]1(c2ccccc2)NC(=O)N(C[NH+](C)Cc2cccc(F)c2)C1=O. The van der Waals surface area contributed by atoms with Gasteiger partial charge < -0.3 is 10.2 Å². The molecule has 2 N–H and O–H groups in total. The third kappa shape index (κ3) is 4.07. The molecule has 0 bridgehead atoms. The highest BCUT2D eigenvalue weighted by atomic mass is 19.1. The van der Waals surface area contributed by atoms with Gasteiger partial charge in [0.2, 0.25) is 0 Å². The molecule has 1 unspecified atom stereocenters. The van der Waals surface area contributed by atoms with Crippen molar-refractivity contribution >= 4 is 11.9 Å². The van der Waals surface area contributed by atoms with E-state index >= 15 is 0 Å². The first-order valence-corrected chi connectivity index (χ1v) is 9.57. The highest BCUT2D eigenvalue weighted by Crippen LogP contribution is 2.34. The van der Waals surface area contributed by atoms with E-state index in [9.17, 15) is 14.0 Å². The number of halogens is 1. The summed E-state index contributed by atoms with van der Waals surface area (Å²) in [5.74, 6) is -0.293. The molecule has 2 aromatic rings. The van der Waals surface area contributed by atoms with Gasteiger partial charge in [-0.15, -0.1) is 0 Å². The Labute approximate surface area is 165 Å². The normalized spacial score (nSPS) is 20.5. The van der Waals surface area contributed by atoms with Gasteiger partial charge in [0, 0.05) is 5.56 Å². The minimum absolute atomic E-state index is 0.216. The number of quaternary nitrogens is 1. The summed E-state index contributed by atoms with van der Waals surface area (Å²) in [6.07, 6.45) is 0.529. The van der Waals surface area contributed by atoms with Crippen LogP contribution < -0.4 is 10.2 Å². The summed E-state index contributed by atoms with van der Waals surface area (Å²) in [6, 6.07) is 15.4. The molecule has 0 saturated carbocycles. The number of rotatable bonds is 7. The maximum atomic E-state index is 13.4. The van der Waals surface area contributed by atoms with Crippen LogP contribution in [0.15, 0.2) is 54.6 Å². The van der Waals surface area contributed by atoms with E-state index in [0.29, 0.717) is 13.0 Å². The molecule has 2 aromatic carbocycles. The van der Waals surface area contributed by atoms with E-state index in [1.807, 2.05) is 57.3 Å². The number of nitrogens with one attached hydrogen (secondary N) is 2. The van der Waals surface area contributed by atoms with Crippen molar-refractivity contribution in [1.82, 2.24) is 10.2 Å². The summed E-state index contributed by atoms with van der Waals surface area (Å²) in [6.45, 7) is 4.80. The van der Waals surface area contributed by atoms with E-state index in [4.69, 9.17) is 0 Å². The van der Waals surface area contributed by atoms with Crippen molar-refractivity contribution in [3.8, 4) is 0 Å². The van der Waals surface area contributed by atoms with Gasteiger partial charge in [0.25, 0.3) is 5.91 Å². The molecule has 0 aromatic heterocycles. The van der Waals surface area contributed by atoms with Crippen LogP contribution >= 0.6 is 0 Å². The minimum atomic E-state index is -1.04. The summed E-state index contributed by atoms with van der Waals surface area (Å²) in [4.78, 5) is 28.3. The molecule has 6 heteroatoms. The number of nitrogens with zero attached hydrogens (tertiary/aromatic N) is 1. The number of carbonyl (C=O) groups is 2. The summed E-state index contributed by atoms with van der Waals surface area (Å²) in [5, 5.41) is 2.96. The maximum Gasteiger partial charge on any atom is 0.329 e. The fourth-order valence-electron chi connectivity index (χ4n) is 3.88. The van der Waals surface area contributed by atoms with E-state index in [2.05, 4.69) is 5.32 Å². The first-order chi connectivity index (χ1) is 13.3. The quantitative estimate of drug-likeness (QED) is 0.720. The molecule has 5 nitrogen and oxygen atoms in total. The topological polar surface area (TPSA) is 53.9 Å². The van der Waals surface area contributed by atoms with Gasteiger partial charge in [-0.1, -0.05) is 56.3 Å². The Morgan fingerprint density at radius 3 is 2.46 bits per heavy atom. The molecule has 1 heterocycles. The monoisotopic (exact) mass is 384 g/mol. The molecule has 0 aliphatic carbocycles. The third-order valence-electron chi connectivity index (χ3n) is 4.98. The van der Waals surface area contributed by atoms with E-state index in [0.717, 1.165) is 16.0 Å². The lowest BCUT2D eigenvalue weighted by Gasteiger charge is -2.29. The van der Waals surface area contributed by atoms with Crippen LogP contribution in [0.4, 0.5) is 9.18 Å². The van der Waals surface area contributed by atoms with Crippen molar-refractivity contribution in [3.05, 3.63) is 71.5 Å². The van der Waals surface area contributed by atoms with Crippen LogP contribution in [0, 0.1) is 11.7 Å². The Morgan fingerprint density at radius 1 is 1.11 bits per heavy atom. The Hall–Kier alpha value is -2.73. The number of carbonyl (C=O) groups excluding carboxylic acids is 2. The van der Waals surface area contributed by atoms with Gasteiger partial charge in [-0.05, 0) is 30.0 Å². The van der Waals surface area contributed by atoms with E-state index in [1.165, 1.54) is 17.0 Å². The summed E-state index contributed by atoms with van der Waals surface area (Å²) < 4.78 is 13.4. The maximum absolute atomic E-state index is 13.4. The van der Waals surface area contributed by atoms with Gasteiger partial charge >= 0.3 is 6.03 Å². The highest BCUT2D eigenvalue weighted by Gasteiger charge is 2.53. The molecule has 3 rings (SSSR count). The Balaban J connectivity index is 1.81. The number of benzene rings is 2. The zero-order valence-electron chi connectivity index (χ0n) is 16.5. The standard InChI is InChI=1S/C22H26FN3O2/c1-16(2)13-22(18-9-5-4-6-10-18)20(27)26(21(28)24-22)15-25(3)14-17-8-7-11-19(23)12-17/h4-12,16H,13-15H2,1-3H3,(H,24,28)/p+1/t22-/m0/s1. The fraction of sp³-hybridized carbons (Fsp3) is 0.364. The lowest BCUT2D eigenvalue weighted by Crippen LogP contribution is -3.09. The predicted molar refractivity (Wildman–Crippen MR) is 105 cm³/mol. The second-order valence-corrected chi connectivity index (χ2v) is 7.95. The number of amides is 3. The Kier molecular flexibility index (Phi) is 5.79. The largest absolute Gasteiger partial charge is 0.329 e. The molecule has 1 saturated heterocycles. The van der Waals surface area contributed by atoms with Crippen molar-refractivity contribution in [1.29, 1.82) is 0 Å². The molecule has 1 fully saturated rings. The van der Waals surface area contributed by atoms with Crippen molar-refractivity contribution in [2.75, 3.05) is 13.7 Å². The van der Waals surface area contributed by atoms with Crippen molar-refractivity contribution < 1.29 is 18.9 Å². The number of hydrogen-bond acceptors (Lipinski definition) is 2. The molecule has 148 valence electrons. The molecule has 1 aliphatic heterocycles. The van der Waals surface area contributed by atoms with Crippen LogP contribution in [0.2, 0.25) is 0 Å². The first-order valence-electron chi connectivity index (χ1n) is 9.57. The number of hydrogen-bond donors (Lipinski definition) is 2. The van der Waals surface area contributed by atoms with Crippen LogP contribution in [0.1, 0.15) is 31.4 Å². The van der Waals surface area contributed by atoms with Crippen molar-refractivity contribution in [2.24, 2.45) is 5.92 Å². The lowest BCUT2D eigenvalue weighted by atomic mass is 9.82. The second-order valence-electron chi connectivity index (χ2n) is 7.95. The molecule has 0 radical (unpaired) electrons. The van der Waals surface area contributed by atoms with E-state index in [1.54, 1.807) is 6.07 Å². The van der Waals surface area contributed by atoms with Crippen molar-refractivity contribution in [2.45, 2.75) is 32.4 Å². The van der Waals surface area contributed by atoms with E-state index in [-0.39, 0.29) is 30.3 Å². The molecule has 0 spiro atoms. The van der Waals surface area contributed by atoms with E-state index < -0.39 is 5.54 Å². The highest BCUT2D eigenvalue weighted by molar-refractivity contribution is 6.07. The molecule has 3 amide bonds. The molecule has 28 heavy (non-hydrogen) atoms. The van der Waals surface area contributed by atoms with Gasteiger partial charge in [-0.25, -0.2) is 14.1 Å². The smallest absolute Gasteiger partial charge is 0.319 e. The average Bonchev–Trinajstić information content (AvgIpc) is 2.87. The fourth-order valence-corrected chi connectivity index (χ4v) is 3.88. The molecular formula is C22H27FN3O2+. The van der Waals surface area contributed by atoms with Crippen LogP contribution in [0.5, 0.6) is 0 Å². The summed E-state index contributed by atoms with van der Waals surface area (Å²) in [5.41, 5.74) is 0.583. The number of imide groups is 1. The number of urea groups is 1. The van der Waals surface area contributed by atoms with Crippen LogP contribution in [0.25, 0.3) is 0 Å². The Bertz CT molecular complexity index is 856. The van der Waals surface area contributed by atoms with Crippen LogP contribution in [0.3, 0.4) is 0 Å². The molecular weight excluding hydrogens is 357 g/mol. The zero-order chi connectivity index (χ0) is 20.3. The second kappa shape index (κ2) is 8.10. The van der Waals surface area contributed by atoms with Gasteiger partial charge in [-0.2, -0.15) is 0 Å². The Morgan fingerprint density at radius 2 is 1.82 bits per heavy atom. The average molecular weight is 384 g/mol. The molecule has 1 aliphatic rings. The van der Waals surface area contributed by atoms with Crippen LogP contribution in [-0.4, -0.2) is 30.6 Å². The van der Waals surface area contributed by atoms with Gasteiger partial charge in [0.15, 0.2) is 6.67 Å².